The van der Waals surface area contributed by atoms with Gasteiger partial charge in [0.15, 0.2) is 5.78 Å². The van der Waals surface area contributed by atoms with Gasteiger partial charge in [0.1, 0.15) is 5.75 Å². The van der Waals surface area contributed by atoms with Gasteiger partial charge in [-0.3, -0.25) is 9.59 Å². The number of carboxylic acid groups (broad SMARTS) is 1. The number of unbranched alkanes of at least 4 members (excludes halogenated alkanes) is 1. The first-order valence-electron chi connectivity index (χ1n) is 6.22. The maximum absolute atomic E-state index is 12.0. The average Bonchev–Trinajstić information content (AvgIpc) is 2.37. The van der Waals surface area contributed by atoms with Gasteiger partial charge in [-0.1, -0.05) is 29.3 Å². The smallest absolute Gasteiger partial charge is 0.303 e. The maximum Gasteiger partial charge on any atom is 0.303 e. The minimum Gasteiger partial charge on any atom is -0.493 e. The van der Waals surface area contributed by atoms with E-state index in [0.717, 1.165) is 17.3 Å². The van der Waals surface area contributed by atoms with E-state index < -0.39 is 5.97 Å². The quantitative estimate of drug-likeness (QED) is 0.584. The molecule has 0 unspecified atom stereocenters. The number of hydrogen-bond donors (Lipinski definition) is 1. The second kappa shape index (κ2) is 7.94. The molecule has 0 aliphatic rings. The Bertz CT molecular complexity index is 457. The van der Waals surface area contributed by atoms with Gasteiger partial charge in [-0.25, -0.2) is 0 Å². The summed E-state index contributed by atoms with van der Waals surface area (Å²) in [6, 6.07) is 5.20. The molecule has 0 aromatic heterocycles. The van der Waals surface area contributed by atoms with Crippen LogP contribution in [-0.4, -0.2) is 23.5 Å². The normalized spacial score (nSPS) is 10.2. The second-order valence-electron chi connectivity index (χ2n) is 4.16. The lowest BCUT2D eigenvalue weighted by Crippen LogP contribution is -2.07. The number of ketones is 1. The predicted octanol–water partition coefficient (Wildman–Crippen LogP) is 3.68. The molecule has 4 nitrogen and oxygen atoms in total. The fraction of sp³-hybridized carbons (Fsp3) is 0.429. The van der Waals surface area contributed by atoms with Crippen molar-refractivity contribution in [2.24, 2.45) is 0 Å². The minimum atomic E-state index is -0.975. The molecule has 1 rings (SSSR count). The van der Waals surface area contributed by atoms with Crippen LogP contribution in [0.25, 0.3) is 0 Å². The summed E-state index contributed by atoms with van der Waals surface area (Å²) in [5.41, 5.74) is 0.437. The molecule has 5 heteroatoms. The van der Waals surface area contributed by atoms with E-state index in [0.29, 0.717) is 17.9 Å². The molecule has 0 heterocycles. The van der Waals surface area contributed by atoms with E-state index in [9.17, 15) is 9.59 Å². The molecule has 0 amide bonds. The molecule has 0 aliphatic heterocycles. The highest BCUT2D eigenvalue weighted by Crippen LogP contribution is 2.25. The number of ether oxygens (including phenoxy) is 1. The minimum absolute atomic E-state index is 0.0179. The van der Waals surface area contributed by atoms with E-state index in [-0.39, 0.29) is 18.6 Å². The fourth-order valence-corrected chi connectivity index (χ4v) is 1.89. The molecule has 104 valence electrons. The number of benzene rings is 1. The van der Waals surface area contributed by atoms with Gasteiger partial charge < -0.3 is 9.84 Å². The summed E-state index contributed by atoms with van der Waals surface area (Å²) in [5.74, 6) is -0.668. The van der Waals surface area contributed by atoms with Gasteiger partial charge in [-0.2, -0.15) is 0 Å². The third kappa shape index (κ3) is 5.42. The zero-order valence-electron chi connectivity index (χ0n) is 10.8. The number of carbonyl (C=O) groups excluding carboxylic acids is 1. The Kier molecular flexibility index (Phi) is 6.56. The van der Waals surface area contributed by atoms with Gasteiger partial charge in [0.05, 0.1) is 18.6 Å². The lowest BCUT2D eigenvalue weighted by molar-refractivity contribution is -0.136. The summed E-state index contributed by atoms with van der Waals surface area (Å²) in [4.78, 5) is 22.5. The van der Waals surface area contributed by atoms with Gasteiger partial charge in [0.2, 0.25) is 0 Å². The van der Waals surface area contributed by atoms with Gasteiger partial charge in [-0.05, 0) is 24.6 Å². The largest absolute Gasteiger partial charge is 0.493 e. The number of rotatable bonds is 8. The van der Waals surface area contributed by atoms with E-state index >= 15 is 0 Å². The van der Waals surface area contributed by atoms with Crippen LogP contribution >= 0.6 is 15.9 Å². The van der Waals surface area contributed by atoms with E-state index in [1.54, 1.807) is 18.2 Å². The van der Waals surface area contributed by atoms with Crippen molar-refractivity contribution in [3.05, 3.63) is 28.2 Å². The molecule has 19 heavy (non-hydrogen) atoms. The Morgan fingerprint density at radius 1 is 1.32 bits per heavy atom. The van der Waals surface area contributed by atoms with E-state index in [2.05, 4.69) is 22.9 Å². The molecule has 1 N–H and O–H groups in total. The van der Waals surface area contributed by atoms with Crippen molar-refractivity contribution in [2.45, 2.75) is 32.6 Å². The first-order valence-corrected chi connectivity index (χ1v) is 7.01. The Balaban J connectivity index is 2.80. The Labute approximate surface area is 120 Å². The van der Waals surface area contributed by atoms with E-state index in [4.69, 9.17) is 9.84 Å². The number of carbonyl (C=O) groups is 2. The number of hydrogen-bond acceptors (Lipinski definition) is 3. The van der Waals surface area contributed by atoms with Crippen LogP contribution in [0.15, 0.2) is 22.7 Å². The summed E-state index contributed by atoms with van der Waals surface area (Å²) in [5, 5.41) is 8.61. The first kappa shape index (κ1) is 15.7. The Morgan fingerprint density at radius 3 is 2.68 bits per heavy atom. The molecular weight excluding hydrogens is 312 g/mol. The van der Waals surface area contributed by atoms with Gasteiger partial charge in [-0.15, -0.1) is 0 Å². The molecule has 1 aromatic rings. The maximum atomic E-state index is 12.0. The van der Waals surface area contributed by atoms with Crippen LogP contribution in [0.5, 0.6) is 5.75 Å². The third-order valence-corrected chi connectivity index (χ3v) is 3.06. The highest BCUT2D eigenvalue weighted by molar-refractivity contribution is 9.10. The molecule has 0 saturated heterocycles. The van der Waals surface area contributed by atoms with Crippen LogP contribution in [0.3, 0.4) is 0 Å². The van der Waals surface area contributed by atoms with Gasteiger partial charge >= 0.3 is 5.97 Å². The zero-order valence-corrected chi connectivity index (χ0v) is 12.4. The molecule has 0 saturated carbocycles. The van der Waals surface area contributed by atoms with Crippen LogP contribution in [0.1, 0.15) is 43.0 Å². The molecule has 0 fully saturated rings. The monoisotopic (exact) mass is 328 g/mol. The summed E-state index contributed by atoms with van der Waals surface area (Å²) < 4.78 is 6.34. The van der Waals surface area contributed by atoms with Crippen molar-refractivity contribution in [1.82, 2.24) is 0 Å². The predicted molar refractivity (Wildman–Crippen MR) is 75.7 cm³/mol. The van der Waals surface area contributed by atoms with Crippen molar-refractivity contribution in [1.29, 1.82) is 0 Å². The third-order valence-electron chi connectivity index (χ3n) is 2.56. The Morgan fingerprint density at radius 2 is 2.05 bits per heavy atom. The van der Waals surface area contributed by atoms with Crippen molar-refractivity contribution in [3.8, 4) is 5.75 Å². The lowest BCUT2D eigenvalue weighted by atomic mass is 10.1. The van der Waals surface area contributed by atoms with Crippen molar-refractivity contribution >= 4 is 27.7 Å². The lowest BCUT2D eigenvalue weighted by Gasteiger charge is -2.10. The van der Waals surface area contributed by atoms with Crippen molar-refractivity contribution in [2.75, 3.05) is 6.61 Å². The molecular formula is C14H17BrO4. The highest BCUT2D eigenvalue weighted by atomic mass is 79.9. The van der Waals surface area contributed by atoms with Crippen LogP contribution in [-0.2, 0) is 4.79 Å². The standard InChI is InChI=1S/C14H17BrO4/c1-2-3-8-19-13-6-4-10(15)9-11(13)12(16)5-7-14(17)18/h4,6,9H,2-3,5,7-8H2,1H3,(H,17,18). The van der Waals surface area contributed by atoms with Crippen LogP contribution in [0.4, 0.5) is 0 Å². The molecule has 0 bridgehead atoms. The fourth-order valence-electron chi connectivity index (χ4n) is 1.53. The number of carboxylic acids is 1. The summed E-state index contributed by atoms with van der Waals surface area (Å²) in [7, 11) is 0. The van der Waals surface area contributed by atoms with Crippen LogP contribution in [0, 0.1) is 0 Å². The molecule has 0 aliphatic carbocycles. The van der Waals surface area contributed by atoms with E-state index in [1.807, 2.05) is 0 Å². The molecule has 0 spiro atoms. The number of halogens is 1. The SMILES string of the molecule is CCCCOc1ccc(Br)cc1C(=O)CCC(=O)O. The van der Waals surface area contributed by atoms with Crippen LogP contribution < -0.4 is 4.74 Å². The zero-order chi connectivity index (χ0) is 14.3. The highest BCUT2D eigenvalue weighted by Gasteiger charge is 2.14. The summed E-state index contributed by atoms with van der Waals surface area (Å²) in [6.45, 7) is 2.61. The van der Waals surface area contributed by atoms with Crippen LogP contribution in [0.2, 0.25) is 0 Å². The number of aliphatic carboxylic acids is 1. The van der Waals surface area contributed by atoms with E-state index in [1.165, 1.54) is 0 Å². The molecule has 1 aromatic carbocycles. The molecule has 0 atom stereocenters. The topological polar surface area (TPSA) is 63.6 Å². The summed E-state index contributed by atoms with van der Waals surface area (Å²) >= 11 is 3.30. The molecule has 0 radical (unpaired) electrons. The number of Topliss-reactive ketones (excluding diaryl/α,β-unsaturated/α-hetero) is 1. The van der Waals surface area contributed by atoms with Crippen molar-refractivity contribution < 1.29 is 19.4 Å². The van der Waals surface area contributed by atoms with Gasteiger partial charge in [0, 0.05) is 10.9 Å². The average molecular weight is 329 g/mol. The second-order valence-corrected chi connectivity index (χ2v) is 5.08. The first-order chi connectivity index (χ1) is 9.04. The van der Waals surface area contributed by atoms with Gasteiger partial charge in [0.25, 0.3) is 0 Å². The Hall–Kier alpha value is -1.36. The van der Waals surface area contributed by atoms with Crippen molar-refractivity contribution in [3.63, 3.8) is 0 Å². The summed E-state index contributed by atoms with van der Waals surface area (Å²) in [6.07, 6.45) is 1.74.